The van der Waals surface area contributed by atoms with Crippen LogP contribution in [0.3, 0.4) is 0 Å². The van der Waals surface area contributed by atoms with Gasteiger partial charge in [0.25, 0.3) is 0 Å². The number of anilines is 1. The molecule has 0 amide bonds. The summed E-state index contributed by atoms with van der Waals surface area (Å²) in [6.07, 6.45) is 0. The van der Waals surface area contributed by atoms with Gasteiger partial charge in [-0.05, 0) is 18.2 Å². The summed E-state index contributed by atoms with van der Waals surface area (Å²) in [5, 5.41) is 11.4. The minimum absolute atomic E-state index is 0.427. The average molecular weight is 384 g/mol. The van der Waals surface area contributed by atoms with Gasteiger partial charge >= 0.3 is 0 Å². The first-order chi connectivity index (χ1) is 13.5. The first-order valence-corrected chi connectivity index (χ1v) is 8.61. The quantitative estimate of drug-likeness (QED) is 0.670. The van der Waals surface area contributed by atoms with Crippen LogP contribution in [-0.2, 0) is 0 Å². The van der Waals surface area contributed by atoms with Crippen molar-refractivity contribution in [3.8, 4) is 45.5 Å². The molecule has 0 radical (unpaired) electrons. The lowest BCUT2D eigenvalue weighted by atomic mass is 10.0. The molecule has 0 atom stereocenters. The fourth-order valence-corrected chi connectivity index (χ4v) is 3.05. The number of benzene rings is 2. The summed E-state index contributed by atoms with van der Waals surface area (Å²) >= 11 is 0. The number of rotatable bonds is 7. The number of aromatic amines is 1. The second-order valence-electron chi connectivity index (χ2n) is 6.19. The van der Waals surface area contributed by atoms with Gasteiger partial charge in [0.15, 0.2) is 11.5 Å². The van der Waals surface area contributed by atoms with Crippen LogP contribution in [-0.4, -0.2) is 57.9 Å². The van der Waals surface area contributed by atoms with Gasteiger partial charge in [-0.3, -0.25) is 0 Å². The molecule has 0 spiro atoms. The molecular formula is C20H24N4O4. The number of hydrogen-bond acceptors (Lipinski definition) is 7. The predicted octanol–water partition coefficient (Wildman–Crippen LogP) is 3.24. The maximum atomic E-state index is 5.63. The predicted molar refractivity (Wildman–Crippen MR) is 108 cm³/mol. The van der Waals surface area contributed by atoms with E-state index in [1.165, 1.54) is 0 Å². The van der Waals surface area contributed by atoms with Gasteiger partial charge in [-0.1, -0.05) is 12.1 Å². The minimum atomic E-state index is 0.427. The number of methoxy groups -OCH3 is 4. The molecule has 0 aliphatic carbocycles. The molecule has 1 heterocycles. The van der Waals surface area contributed by atoms with Crippen molar-refractivity contribution in [2.75, 3.05) is 47.4 Å². The molecule has 0 saturated carbocycles. The van der Waals surface area contributed by atoms with E-state index in [1.54, 1.807) is 34.5 Å². The summed E-state index contributed by atoms with van der Waals surface area (Å²) in [7, 11) is 10.2. The average Bonchev–Trinajstić information content (AvgIpc) is 3.21. The van der Waals surface area contributed by atoms with Gasteiger partial charge in [0.05, 0.1) is 34.0 Å². The van der Waals surface area contributed by atoms with E-state index >= 15 is 0 Å². The maximum Gasteiger partial charge on any atom is 0.207 e. The molecule has 3 rings (SSSR count). The Morgan fingerprint density at radius 3 is 1.89 bits per heavy atom. The van der Waals surface area contributed by atoms with Crippen LogP contribution in [0, 0.1) is 0 Å². The first-order valence-electron chi connectivity index (χ1n) is 8.61. The highest BCUT2D eigenvalue weighted by molar-refractivity contribution is 5.85. The Morgan fingerprint density at radius 2 is 1.36 bits per heavy atom. The molecule has 8 nitrogen and oxygen atoms in total. The highest BCUT2D eigenvalue weighted by Crippen LogP contribution is 2.50. The Labute approximate surface area is 164 Å². The number of nitrogens with zero attached hydrogens (tertiary/aromatic N) is 3. The molecule has 1 aromatic heterocycles. The van der Waals surface area contributed by atoms with E-state index in [1.807, 2.05) is 43.3 Å². The molecule has 0 aliphatic heterocycles. The number of nitrogens with one attached hydrogen (secondary N) is 1. The molecule has 0 fully saturated rings. The molecule has 3 aromatic rings. The standard InChI is InChI=1S/C20H24N4O4/c1-24(2)13-9-7-12(8-10-13)16-17(22-23-21-16)14-11-15(25-3)19(27-5)20(28-6)18(14)26-4/h7-11H,1-6H3,(H,21,22,23). The molecule has 28 heavy (non-hydrogen) atoms. The topological polar surface area (TPSA) is 81.7 Å². The van der Waals surface area contributed by atoms with Crippen molar-refractivity contribution in [1.29, 1.82) is 0 Å². The molecule has 8 heteroatoms. The third-order valence-corrected chi connectivity index (χ3v) is 4.45. The molecular weight excluding hydrogens is 360 g/mol. The van der Waals surface area contributed by atoms with Crippen LogP contribution in [0.15, 0.2) is 30.3 Å². The van der Waals surface area contributed by atoms with Crippen molar-refractivity contribution in [1.82, 2.24) is 15.4 Å². The number of H-pyrrole nitrogens is 1. The molecule has 1 N–H and O–H groups in total. The van der Waals surface area contributed by atoms with Crippen LogP contribution < -0.4 is 23.8 Å². The van der Waals surface area contributed by atoms with E-state index in [4.69, 9.17) is 18.9 Å². The van der Waals surface area contributed by atoms with Gasteiger partial charge in [-0.15, -0.1) is 0 Å². The lowest BCUT2D eigenvalue weighted by Crippen LogP contribution is -2.07. The summed E-state index contributed by atoms with van der Waals surface area (Å²) < 4.78 is 22.1. The first kappa shape index (κ1) is 19.3. The van der Waals surface area contributed by atoms with E-state index in [0.29, 0.717) is 39.9 Å². The van der Waals surface area contributed by atoms with Crippen molar-refractivity contribution in [2.24, 2.45) is 0 Å². The molecule has 2 aromatic carbocycles. The Morgan fingerprint density at radius 1 is 0.750 bits per heavy atom. The smallest absolute Gasteiger partial charge is 0.207 e. The van der Waals surface area contributed by atoms with E-state index < -0.39 is 0 Å². The van der Waals surface area contributed by atoms with E-state index in [9.17, 15) is 0 Å². The van der Waals surface area contributed by atoms with Gasteiger partial charge < -0.3 is 23.8 Å². The molecule has 0 aliphatic rings. The zero-order chi connectivity index (χ0) is 20.3. The largest absolute Gasteiger partial charge is 0.493 e. The number of hydrogen-bond donors (Lipinski definition) is 1. The normalized spacial score (nSPS) is 10.5. The van der Waals surface area contributed by atoms with E-state index in [0.717, 1.165) is 11.3 Å². The molecule has 0 saturated heterocycles. The maximum absolute atomic E-state index is 5.63. The Balaban J connectivity index is 2.19. The number of ether oxygens (including phenoxy) is 4. The van der Waals surface area contributed by atoms with Crippen molar-refractivity contribution in [3.63, 3.8) is 0 Å². The van der Waals surface area contributed by atoms with Crippen LogP contribution in [0.1, 0.15) is 0 Å². The Kier molecular flexibility index (Phi) is 5.58. The summed E-state index contributed by atoms with van der Waals surface area (Å²) in [5.74, 6) is 1.87. The fourth-order valence-electron chi connectivity index (χ4n) is 3.05. The third-order valence-electron chi connectivity index (χ3n) is 4.45. The summed E-state index contributed by atoms with van der Waals surface area (Å²) in [4.78, 5) is 2.04. The van der Waals surface area contributed by atoms with Crippen molar-refractivity contribution in [2.45, 2.75) is 0 Å². The van der Waals surface area contributed by atoms with Crippen LogP contribution in [0.25, 0.3) is 22.5 Å². The van der Waals surface area contributed by atoms with Crippen LogP contribution >= 0.6 is 0 Å². The highest BCUT2D eigenvalue weighted by Gasteiger charge is 2.26. The second-order valence-corrected chi connectivity index (χ2v) is 6.19. The van der Waals surface area contributed by atoms with Crippen LogP contribution in [0.4, 0.5) is 5.69 Å². The fraction of sp³-hybridized carbons (Fsp3) is 0.300. The van der Waals surface area contributed by atoms with Gasteiger partial charge in [-0.2, -0.15) is 15.4 Å². The monoisotopic (exact) mass is 384 g/mol. The van der Waals surface area contributed by atoms with E-state index in [2.05, 4.69) is 15.4 Å². The third kappa shape index (κ3) is 3.28. The molecule has 0 unspecified atom stereocenters. The van der Waals surface area contributed by atoms with Gasteiger partial charge in [0.2, 0.25) is 11.5 Å². The summed E-state index contributed by atoms with van der Waals surface area (Å²) in [6, 6.07) is 9.86. The minimum Gasteiger partial charge on any atom is -0.493 e. The molecule has 0 bridgehead atoms. The number of aromatic nitrogens is 3. The van der Waals surface area contributed by atoms with Crippen molar-refractivity contribution in [3.05, 3.63) is 30.3 Å². The summed E-state index contributed by atoms with van der Waals surface area (Å²) in [5.41, 5.74) is 4.01. The zero-order valence-corrected chi connectivity index (χ0v) is 16.9. The zero-order valence-electron chi connectivity index (χ0n) is 16.9. The SMILES string of the molecule is COc1cc(-c2n[nH]nc2-c2ccc(N(C)C)cc2)c(OC)c(OC)c1OC. The lowest BCUT2D eigenvalue weighted by molar-refractivity contribution is 0.306. The van der Waals surface area contributed by atoms with Crippen LogP contribution in [0.2, 0.25) is 0 Å². The summed E-state index contributed by atoms with van der Waals surface area (Å²) in [6.45, 7) is 0. The molecule has 148 valence electrons. The Hall–Kier alpha value is -3.42. The Bertz CT molecular complexity index is 952. The van der Waals surface area contributed by atoms with Gasteiger partial charge in [0.1, 0.15) is 11.4 Å². The van der Waals surface area contributed by atoms with Crippen LogP contribution in [0.5, 0.6) is 23.0 Å². The van der Waals surface area contributed by atoms with Gasteiger partial charge in [-0.25, -0.2) is 0 Å². The van der Waals surface area contributed by atoms with Crippen molar-refractivity contribution < 1.29 is 18.9 Å². The highest BCUT2D eigenvalue weighted by atomic mass is 16.5. The van der Waals surface area contributed by atoms with Crippen molar-refractivity contribution >= 4 is 5.69 Å². The lowest BCUT2D eigenvalue weighted by Gasteiger charge is -2.18. The van der Waals surface area contributed by atoms with Gasteiger partial charge in [0, 0.05) is 25.3 Å². The second kappa shape index (κ2) is 8.08. The van der Waals surface area contributed by atoms with E-state index in [-0.39, 0.29) is 0 Å².